The maximum absolute atomic E-state index is 6.07. The van der Waals surface area contributed by atoms with Crippen molar-refractivity contribution in [1.82, 2.24) is 0 Å². The highest BCUT2D eigenvalue weighted by Gasteiger charge is 2.31. The molecule has 0 radical (unpaired) electrons. The van der Waals surface area contributed by atoms with E-state index in [0.717, 1.165) is 17.9 Å². The molecule has 13 heavy (non-hydrogen) atoms. The van der Waals surface area contributed by atoms with Crippen molar-refractivity contribution < 1.29 is 0 Å². The van der Waals surface area contributed by atoms with Gasteiger partial charge < -0.3 is 5.73 Å². The van der Waals surface area contributed by atoms with E-state index in [1.165, 1.54) is 18.4 Å². The highest BCUT2D eigenvalue weighted by atomic mass is 35.5. The van der Waals surface area contributed by atoms with Crippen molar-refractivity contribution in [3.05, 3.63) is 21.7 Å². The molecule has 2 rings (SSSR count). The quantitative estimate of drug-likeness (QED) is 0.756. The van der Waals surface area contributed by atoms with Crippen LogP contribution in [0.5, 0.6) is 0 Å². The Morgan fingerprint density at radius 3 is 2.54 bits per heavy atom. The van der Waals surface area contributed by atoms with Gasteiger partial charge in [-0.15, -0.1) is 0 Å². The first-order valence-electron chi connectivity index (χ1n) is 4.68. The van der Waals surface area contributed by atoms with Crippen molar-refractivity contribution in [1.29, 1.82) is 0 Å². The number of allylic oxidation sites excluding steroid dienone is 3. The first-order valence-corrected chi connectivity index (χ1v) is 5.44. The highest BCUT2D eigenvalue weighted by molar-refractivity contribution is 6.40. The van der Waals surface area contributed by atoms with E-state index in [-0.39, 0.29) is 6.04 Å². The zero-order valence-electron chi connectivity index (χ0n) is 7.39. The fourth-order valence-electron chi connectivity index (χ4n) is 1.71. The van der Waals surface area contributed by atoms with Gasteiger partial charge in [-0.3, -0.25) is 0 Å². The Hall–Kier alpha value is 0.0200. The number of hydrogen-bond donors (Lipinski definition) is 1. The van der Waals surface area contributed by atoms with Crippen LogP contribution in [0.25, 0.3) is 0 Å². The largest absolute Gasteiger partial charge is 0.324 e. The van der Waals surface area contributed by atoms with Gasteiger partial charge in [-0.05, 0) is 37.7 Å². The Labute approximate surface area is 88.6 Å². The van der Waals surface area contributed by atoms with Crippen LogP contribution < -0.4 is 5.73 Å². The number of nitrogens with two attached hydrogens (primary N) is 1. The van der Waals surface area contributed by atoms with Gasteiger partial charge in [0.2, 0.25) is 0 Å². The fourth-order valence-corrected chi connectivity index (χ4v) is 2.09. The lowest BCUT2D eigenvalue weighted by Gasteiger charge is -2.19. The van der Waals surface area contributed by atoms with E-state index in [4.69, 9.17) is 28.9 Å². The first-order chi connectivity index (χ1) is 6.18. The van der Waals surface area contributed by atoms with Crippen LogP contribution in [0, 0.1) is 5.92 Å². The molecule has 0 bridgehead atoms. The van der Waals surface area contributed by atoms with Gasteiger partial charge in [0.15, 0.2) is 0 Å². The molecule has 0 spiro atoms. The van der Waals surface area contributed by atoms with Crippen LogP contribution in [0.15, 0.2) is 21.7 Å². The summed E-state index contributed by atoms with van der Waals surface area (Å²) in [7, 11) is 0. The van der Waals surface area contributed by atoms with Crippen molar-refractivity contribution in [3.8, 4) is 0 Å². The Morgan fingerprint density at radius 1 is 1.31 bits per heavy atom. The van der Waals surface area contributed by atoms with Crippen LogP contribution in [-0.4, -0.2) is 6.04 Å². The predicted molar refractivity (Wildman–Crippen MR) is 56.7 cm³/mol. The molecule has 0 aliphatic heterocycles. The van der Waals surface area contributed by atoms with E-state index >= 15 is 0 Å². The minimum absolute atomic E-state index is 0.221. The number of rotatable bonds is 2. The number of halogens is 2. The molecular weight excluding hydrogens is 205 g/mol. The average molecular weight is 218 g/mol. The summed E-state index contributed by atoms with van der Waals surface area (Å²) < 4.78 is 0. The average Bonchev–Trinajstić information content (AvgIpc) is 2.91. The normalized spacial score (nSPS) is 25.9. The highest BCUT2D eigenvalue weighted by Crippen LogP contribution is 2.38. The third-order valence-corrected chi connectivity index (χ3v) is 3.59. The molecule has 2 aliphatic carbocycles. The molecule has 1 saturated carbocycles. The lowest BCUT2D eigenvalue weighted by Crippen LogP contribution is -2.25. The van der Waals surface area contributed by atoms with Gasteiger partial charge >= 0.3 is 0 Å². The smallest absolute Gasteiger partial charge is 0.0551 e. The molecule has 0 amide bonds. The summed E-state index contributed by atoms with van der Waals surface area (Å²) in [6.07, 6.45) is 6.33. The van der Waals surface area contributed by atoms with E-state index in [0.29, 0.717) is 11.0 Å². The molecular formula is C10H13Cl2N. The second-order valence-electron chi connectivity index (χ2n) is 3.84. The Balaban J connectivity index is 2.11. The number of hydrogen-bond acceptors (Lipinski definition) is 1. The molecule has 2 N–H and O–H groups in total. The van der Waals surface area contributed by atoms with Crippen LogP contribution in [0.3, 0.4) is 0 Å². The molecule has 2 aliphatic rings. The molecule has 3 heteroatoms. The Kier molecular flexibility index (Phi) is 2.68. The van der Waals surface area contributed by atoms with E-state index in [1.54, 1.807) is 0 Å². The van der Waals surface area contributed by atoms with Gasteiger partial charge in [-0.2, -0.15) is 0 Å². The molecule has 1 unspecified atom stereocenters. The van der Waals surface area contributed by atoms with Gasteiger partial charge in [-0.1, -0.05) is 28.8 Å². The molecule has 1 nitrogen and oxygen atoms in total. The minimum atomic E-state index is 0.221. The second-order valence-corrected chi connectivity index (χ2v) is 4.70. The lowest BCUT2D eigenvalue weighted by atomic mass is 9.95. The van der Waals surface area contributed by atoms with Crippen molar-refractivity contribution in [2.24, 2.45) is 11.7 Å². The van der Waals surface area contributed by atoms with E-state index < -0.39 is 0 Å². The zero-order chi connectivity index (χ0) is 9.42. The first kappa shape index (κ1) is 9.57. The van der Waals surface area contributed by atoms with Crippen LogP contribution in [0.2, 0.25) is 0 Å². The molecule has 0 saturated heterocycles. The molecule has 0 aromatic rings. The van der Waals surface area contributed by atoms with Crippen LogP contribution in [-0.2, 0) is 0 Å². The summed E-state index contributed by atoms with van der Waals surface area (Å²) in [4.78, 5) is 0. The van der Waals surface area contributed by atoms with Gasteiger partial charge in [0.1, 0.15) is 0 Å². The van der Waals surface area contributed by atoms with Gasteiger partial charge in [-0.25, -0.2) is 0 Å². The maximum Gasteiger partial charge on any atom is 0.0551 e. The van der Waals surface area contributed by atoms with Crippen molar-refractivity contribution in [2.45, 2.75) is 31.7 Å². The van der Waals surface area contributed by atoms with Crippen molar-refractivity contribution in [2.75, 3.05) is 0 Å². The summed E-state index contributed by atoms with van der Waals surface area (Å²) >= 11 is 11.8. The predicted octanol–water partition coefficient (Wildman–Crippen LogP) is 3.13. The Bertz CT molecular complexity index is 277. The third kappa shape index (κ3) is 2.09. The summed E-state index contributed by atoms with van der Waals surface area (Å²) in [5, 5.41) is 1.45. The molecule has 0 aromatic heterocycles. The standard InChI is InChI=1S/C10H13Cl2N/c11-8-4-3-7(5-9(8)12)10(13)6-1-2-6/h5-6,10H,1-4,13H2. The fraction of sp³-hybridized carbons (Fsp3) is 0.600. The van der Waals surface area contributed by atoms with Crippen LogP contribution in [0.1, 0.15) is 25.7 Å². The summed E-state index contributed by atoms with van der Waals surface area (Å²) in [6, 6.07) is 0.221. The second kappa shape index (κ2) is 3.64. The summed E-state index contributed by atoms with van der Waals surface area (Å²) in [5.74, 6) is 0.701. The van der Waals surface area contributed by atoms with Gasteiger partial charge in [0.05, 0.1) is 5.03 Å². The zero-order valence-corrected chi connectivity index (χ0v) is 8.91. The van der Waals surface area contributed by atoms with Crippen LogP contribution >= 0.6 is 23.2 Å². The molecule has 72 valence electrons. The monoisotopic (exact) mass is 217 g/mol. The lowest BCUT2D eigenvalue weighted by molar-refractivity contribution is 0.641. The maximum atomic E-state index is 6.07. The molecule has 0 aromatic carbocycles. The SMILES string of the molecule is NC(C1=CC(Cl)=C(Cl)CC1)C1CC1. The summed E-state index contributed by atoms with van der Waals surface area (Å²) in [6.45, 7) is 0. The van der Waals surface area contributed by atoms with E-state index in [2.05, 4.69) is 0 Å². The topological polar surface area (TPSA) is 26.0 Å². The minimum Gasteiger partial charge on any atom is -0.324 e. The Morgan fingerprint density at radius 2 is 2.00 bits per heavy atom. The molecule has 1 fully saturated rings. The van der Waals surface area contributed by atoms with Crippen molar-refractivity contribution in [3.63, 3.8) is 0 Å². The van der Waals surface area contributed by atoms with Crippen LogP contribution in [0.4, 0.5) is 0 Å². The van der Waals surface area contributed by atoms with E-state index in [1.807, 2.05) is 6.08 Å². The van der Waals surface area contributed by atoms with Crippen molar-refractivity contribution >= 4 is 23.2 Å². The van der Waals surface area contributed by atoms with E-state index in [9.17, 15) is 0 Å². The molecule has 0 heterocycles. The van der Waals surface area contributed by atoms with Gasteiger partial charge in [0.25, 0.3) is 0 Å². The molecule has 1 atom stereocenters. The summed E-state index contributed by atoms with van der Waals surface area (Å²) in [5.41, 5.74) is 7.34. The van der Waals surface area contributed by atoms with Gasteiger partial charge in [0, 0.05) is 11.1 Å². The third-order valence-electron chi connectivity index (χ3n) is 2.76.